The monoisotopic (exact) mass is 256 g/mol. The van der Waals surface area contributed by atoms with Crippen molar-refractivity contribution < 1.29 is 4.39 Å². The molecule has 0 saturated heterocycles. The predicted molar refractivity (Wildman–Crippen MR) is 69.8 cm³/mol. The van der Waals surface area contributed by atoms with E-state index in [1.54, 1.807) is 12.1 Å². The molecule has 4 nitrogen and oxygen atoms in total. The van der Waals surface area contributed by atoms with E-state index in [-0.39, 0.29) is 5.82 Å². The van der Waals surface area contributed by atoms with Gasteiger partial charge in [-0.25, -0.2) is 14.4 Å². The van der Waals surface area contributed by atoms with E-state index in [1.165, 1.54) is 24.4 Å². The lowest BCUT2D eigenvalue weighted by molar-refractivity contribution is 0.592. The van der Waals surface area contributed by atoms with Crippen LogP contribution in [0, 0.1) is 17.1 Å². The zero-order chi connectivity index (χ0) is 13.9. The Balaban J connectivity index is 2.25. The number of halogens is 1. The molecule has 5 heteroatoms. The molecule has 0 aliphatic carbocycles. The summed E-state index contributed by atoms with van der Waals surface area (Å²) in [5, 5.41) is 11.9. The van der Waals surface area contributed by atoms with Crippen LogP contribution < -0.4 is 5.32 Å². The van der Waals surface area contributed by atoms with Crippen LogP contribution in [0.5, 0.6) is 0 Å². The Hall–Kier alpha value is -2.48. The fourth-order valence-corrected chi connectivity index (χ4v) is 1.70. The number of nitrogens with one attached hydrogen (secondary N) is 1. The van der Waals surface area contributed by atoms with E-state index >= 15 is 0 Å². The first kappa shape index (κ1) is 13.0. The van der Waals surface area contributed by atoms with Crippen LogP contribution in [0.2, 0.25) is 0 Å². The standard InChI is InChI=1S/C14H13FN4/c1-14(2,10-3-5-11(15)6-4-10)19-13-17-8-7-12(9-16)18-13/h3-8H,1-2H3,(H,17,18,19). The Morgan fingerprint density at radius 1 is 1.21 bits per heavy atom. The van der Waals surface area contributed by atoms with Crippen molar-refractivity contribution >= 4 is 5.95 Å². The summed E-state index contributed by atoms with van der Waals surface area (Å²) < 4.78 is 12.9. The smallest absolute Gasteiger partial charge is 0.224 e. The first-order valence-corrected chi connectivity index (χ1v) is 5.78. The minimum absolute atomic E-state index is 0.276. The first-order chi connectivity index (χ1) is 9.01. The molecule has 0 spiro atoms. The van der Waals surface area contributed by atoms with Crippen LogP contribution in [0.4, 0.5) is 10.3 Å². The van der Waals surface area contributed by atoms with Crippen molar-refractivity contribution in [2.24, 2.45) is 0 Å². The summed E-state index contributed by atoms with van der Waals surface area (Å²) in [6.45, 7) is 3.87. The summed E-state index contributed by atoms with van der Waals surface area (Å²) in [5.74, 6) is 0.0932. The Bertz CT molecular complexity index is 614. The van der Waals surface area contributed by atoms with E-state index in [9.17, 15) is 4.39 Å². The number of rotatable bonds is 3. The zero-order valence-electron chi connectivity index (χ0n) is 10.7. The van der Waals surface area contributed by atoms with Crippen molar-refractivity contribution in [3.63, 3.8) is 0 Å². The van der Waals surface area contributed by atoms with Gasteiger partial charge in [0.05, 0.1) is 5.54 Å². The van der Waals surface area contributed by atoms with Crippen molar-refractivity contribution in [3.8, 4) is 6.07 Å². The molecule has 0 aliphatic heterocycles. The predicted octanol–water partition coefficient (Wildman–Crippen LogP) is 2.83. The molecule has 1 heterocycles. The summed E-state index contributed by atoms with van der Waals surface area (Å²) in [7, 11) is 0. The van der Waals surface area contributed by atoms with Crippen LogP contribution in [0.3, 0.4) is 0 Å². The van der Waals surface area contributed by atoms with Crippen molar-refractivity contribution in [3.05, 3.63) is 53.6 Å². The molecule has 2 rings (SSSR count). The van der Waals surface area contributed by atoms with E-state index in [4.69, 9.17) is 5.26 Å². The van der Waals surface area contributed by atoms with Gasteiger partial charge in [0.25, 0.3) is 0 Å². The van der Waals surface area contributed by atoms with E-state index < -0.39 is 5.54 Å². The third-order valence-electron chi connectivity index (χ3n) is 2.76. The SMILES string of the molecule is CC(C)(Nc1nccc(C#N)n1)c1ccc(F)cc1. The molecule has 2 aromatic rings. The van der Waals surface area contributed by atoms with Gasteiger partial charge in [-0.1, -0.05) is 12.1 Å². The van der Waals surface area contributed by atoms with Gasteiger partial charge in [0.15, 0.2) is 0 Å². The molecule has 1 N–H and O–H groups in total. The minimum atomic E-state index is -0.470. The third kappa shape index (κ3) is 3.05. The van der Waals surface area contributed by atoms with Crippen molar-refractivity contribution in [2.75, 3.05) is 5.32 Å². The molecule has 1 aromatic heterocycles. The van der Waals surface area contributed by atoms with Gasteiger partial charge in [-0.2, -0.15) is 5.26 Å². The van der Waals surface area contributed by atoms with Gasteiger partial charge in [-0.05, 0) is 37.6 Å². The van der Waals surface area contributed by atoms with Crippen LogP contribution in [-0.4, -0.2) is 9.97 Å². The maximum absolute atomic E-state index is 12.9. The molecular formula is C14H13FN4. The fourth-order valence-electron chi connectivity index (χ4n) is 1.70. The Morgan fingerprint density at radius 3 is 2.53 bits per heavy atom. The molecule has 0 radical (unpaired) electrons. The van der Waals surface area contributed by atoms with Crippen LogP contribution in [0.1, 0.15) is 25.1 Å². The Morgan fingerprint density at radius 2 is 1.89 bits per heavy atom. The summed E-state index contributed by atoms with van der Waals surface area (Å²) in [4.78, 5) is 8.13. The van der Waals surface area contributed by atoms with Crippen LogP contribution >= 0.6 is 0 Å². The molecule has 96 valence electrons. The van der Waals surface area contributed by atoms with E-state index in [2.05, 4.69) is 15.3 Å². The Kier molecular flexibility index (Phi) is 3.43. The first-order valence-electron chi connectivity index (χ1n) is 5.78. The average Bonchev–Trinajstić information content (AvgIpc) is 2.39. The molecular weight excluding hydrogens is 243 g/mol. The number of hydrogen-bond donors (Lipinski definition) is 1. The quantitative estimate of drug-likeness (QED) is 0.917. The third-order valence-corrected chi connectivity index (χ3v) is 2.76. The summed E-state index contributed by atoms with van der Waals surface area (Å²) in [6.07, 6.45) is 1.52. The second kappa shape index (κ2) is 5.02. The van der Waals surface area contributed by atoms with Gasteiger partial charge in [0.1, 0.15) is 17.6 Å². The maximum atomic E-state index is 12.9. The molecule has 0 atom stereocenters. The van der Waals surface area contributed by atoms with Crippen molar-refractivity contribution in [1.82, 2.24) is 9.97 Å². The summed E-state index contributed by atoms with van der Waals surface area (Å²) in [5.41, 5.74) is 0.731. The number of anilines is 1. The molecule has 0 aliphatic rings. The highest BCUT2D eigenvalue weighted by atomic mass is 19.1. The second-order valence-corrected chi connectivity index (χ2v) is 4.63. The molecule has 0 amide bonds. The molecule has 0 unspecified atom stereocenters. The van der Waals surface area contributed by atoms with Gasteiger partial charge in [0, 0.05) is 6.20 Å². The highest BCUT2D eigenvalue weighted by Crippen LogP contribution is 2.24. The number of hydrogen-bond acceptors (Lipinski definition) is 4. The number of benzene rings is 1. The normalized spacial score (nSPS) is 10.8. The average molecular weight is 256 g/mol. The lowest BCUT2D eigenvalue weighted by Crippen LogP contribution is -2.29. The Labute approximate surface area is 110 Å². The van der Waals surface area contributed by atoms with Crippen molar-refractivity contribution in [1.29, 1.82) is 5.26 Å². The number of aromatic nitrogens is 2. The van der Waals surface area contributed by atoms with Gasteiger partial charge in [-0.15, -0.1) is 0 Å². The molecule has 19 heavy (non-hydrogen) atoms. The van der Waals surface area contributed by atoms with E-state index in [1.807, 2.05) is 19.9 Å². The molecule has 0 bridgehead atoms. The van der Waals surface area contributed by atoms with E-state index in [0.29, 0.717) is 11.6 Å². The van der Waals surface area contributed by atoms with Crippen LogP contribution in [-0.2, 0) is 5.54 Å². The fraction of sp³-hybridized carbons (Fsp3) is 0.214. The number of nitrogens with zero attached hydrogens (tertiary/aromatic N) is 3. The van der Waals surface area contributed by atoms with Crippen LogP contribution in [0.25, 0.3) is 0 Å². The molecule has 1 aromatic carbocycles. The van der Waals surface area contributed by atoms with Crippen molar-refractivity contribution in [2.45, 2.75) is 19.4 Å². The number of nitriles is 1. The zero-order valence-corrected chi connectivity index (χ0v) is 10.7. The largest absolute Gasteiger partial charge is 0.345 e. The van der Waals surface area contributed by atoms with E-state index in [0.717, 1.165) is 5.56 Å². The summed E-state index contributed by atoms with van der Waals surface area (Å²) >= 11 is 0. The summed E-state index contributed by atoms with van der Waals surface area (Å²) in [6, 6.07) is 9.72. The highest BCUT2D eigenvalue weighted by Gasteiger charge is 2.21. The van der Waals surface area contributed by atoms with Crippen LogP contribution in [0.15, 0.2) is 36.5 Å². The van der Waals surface area contributed by atoms with Gasteiger partial charge in [0.2, 0.25) is 5.95 Å². The van der Waals surface area contributed by atoms with Gasteiger partial charge < -0.3 is 5.32 Å². The minimum Gasteiger partial charge on any atom is -0.345 e. The lowest BCUT2D eigenvalue weighted by atomic mass is 9.94. The van der Waals surface area contributed by atoms with Gasteiger partial charge in [-0.3, -0.25) is 0 Å². The maximum Gasteiger partial charge on any atom is 0.224 e. The lowest BCUT2D eigenvalue weighted by Gasteiger charge is -2.26. The highest BCUT2D eigenvalue weighted by molar-refractivity contribution is 5.37. The topological polar surface area (TPSA) is 61.6 Å². The second-order valence-electron chi connectivity index (χ2n) is 4.63. The molecule has 0 saturated carbocycles. The van der Waals surface area contributed by atoms with Gasteiger partial charge >= 0.3 is 0 Å². The molecule has 0 fully saturated rings.